The summed E-state index contributed by atoms with van der Waals surface area (Å²) in [6.07, 6.45) is 5.32. The predicted octanol–water partition coefficient (Wildman–Crippen LogP) is 3.92. The lowest BCUT2D eigenvalue weighted by Gasteiger charge is -2.27. The number of nitrogens with one attached hydrogen (secondary N) is 2. The van der Waals surface area contributed by atoms with E-state index in [2.05, 4.69) is 32.7 Å². The molecule has 2 atom stereocenters. The van der Waals surface area contributed by atoms with E-state index in [1.54, 1.807) is 24.3 Å². The summed E-state index contributed by atoms with van der Waals surface area (Å²) >= 11 is 1.39. The minimum Gasteiger partial charge on any atom is -0.351 e. The van der Waals surface area contributed by atoms with Crippen molar-refractivity contribution in [1.29, 1.82) is 0 Å². The molecule has 0 bridgehead atoms. The van der Waals surface area contributed by atoms with E-state index in [1.807, 2.05) is 12.1 Å². The summed E-state index contributed by atoms with van der Waals surface area (Å²) in [6, 6.07) is 15.1. The zero-order chi connectivity index (χ0) is 23.5. The number of piperidine rings is 1. The van der Waals surface area contributed by atoms with E-state index in [9.17, 15) is 14.4 Å². The zero-order valence-corrected chi connectivity index (χ0v) is 19.8. The highest BCUT2D eigenvalue weighted by Crippen LogP contribution is 2.31. The highest BCUT2D eigenvalue weighted by atomic mass is 32.2. The van der Waals surface area contributed by atoms with Gasteiger partial charge >= 0.3 is 0 Å². The molecule has 2 N–H and O–H groups in total. The van der Waals surface area contributed by atoms with E-state index < -0.39 is 5.25 Å². The van der Waals surface area contributed by atoms with Crippen LogP contribution in [0.2, 0.25) is 0 Å². The van der Waals surface area contributed by atoms with E-state index in [4.69, 9.17) is 0 Å². The molecule has 2 aromatic rings. The number of carbonyl (C=O) groups is 3. The summed E-state index contributed by atoms with van der Waals surface area (Å²) in [7, 11) is 0. The van der Waals surface area contributed by atoms with E-state index >= 15 is 0 Å². The van der Waals surface area contributed by atoms with Gasteiger partial charge in [-0.25, -0.2) is 0 Å². The number of nitrogens with zero attached hydrogens (tertiary/aromatic N) is 2. The number of aliphatic imine (C=N–C) groups is 1. The van der Waals surface area contributed by atoms with Crippen LogP contribution < -0.4 is 10.6 Å². The molecule has 0 radical (unpaired) electrons. The van der Waals surface area contributed by atoms with Crippen molar-refractivity contribution in [1.82, 2.24) is 10.2 Å². The highest BCUT2D eigenvalue weighted by Gasteiger charge is 2.33. The number of rotatable bonds is 5. The van der Waals surface area contributed by atoms with Crippen molar-refractivity contribution < 1.29 is 14.4 Å². The Bertz CT molecular complexity index is 1140. The van der Waals surface area contributed by atoms with Crippen molar-refractivity contribution in [2.24, 2.45) is 4.99 Å². The normalized spacial score (nSPS) is 21.7. The minimum atomic E-state index is -0.495. The Morgan fingerprint density at radius 1 is 1.06 bits per heavy atom. The molecule has 0 unspecified atom stereocenters. The summed E-state index contributed by atoms with van der Waals surface area (Å²) < 4.78 is 0. The SMILES string of the molecule is O=C(C[C@@H]1SC(N2CCCCC2)=NC1=O)Nc1cccc(C(=O)N[C@H]2CCc3ccccc32)c1. The first kappa shape index (κ1) is 22.7. The summed E-state index contributed by atoms with van der Waals surface area (Å²) in [5.74, 6) is -0.673. The second kappa shape index (κ2) is 10.0. The number of aryl methyl sites for hydroxylation is 1. The maximum absolute atomic E-state index is 12.9. The van der Waals surface area contributed by atoms with Crippen molar-refractivity contribution in [3.05, 3.63) is 65.2 Å². The molecule has 0 saturated carbocycles. The van der Waals surface area contributed by atoms with Gasteiger partial charge in [-0.05, 0) is 61.4 Å². The lowest BCUT2D eigenvalue weighted by Crippen LogP contribution is -2.33. The minimum absolute atomic E-state index is 0.00134. The largest absolute Gasteiger partial charge is 0.351 e. The number of amidine groups is 1. The molecule has 0 spiro atoms. The maximum Gasteiger partial charge on any atom is 0.262 e. The van der Waals surface area contributed by atoms with Gasteiger partial charge in [0.2, 0.25) is 5.91 Å². The number of hydrogen-bond acceptors (Lipinski definition) is 5. The van der Waals surface area contributed by atoms with Crippen LogP contribution >= 0.6 is 11.8 Å². The van der Waals surface area contributed by atoms with Gasteiger partial charge in [0.15, 0.2) is 5.17 Å². The Labute approximate surface area is 203 Å². The standard InChI is InChI=1S/C26H28N4O3S/c31-23(16-22-25(33)29-26(34-22)30-13-4-1-5-14-30)27-19-9-6-8-18(15-19)24(32)28-21-12-11-17-7-2-3-10-20(17)21/h2-3,6-10,15,21-22H,1,4-5,11-14,16H2,(H,27,31)(H,28,32)/t21-,22-/m0/s1. The molecule has 2 aliphatic heterocycles. The first-order valence-electron chi connectivity index (χ1n) is 11.9. The van der Waals surface area contributed by atoms with Crippen molar-refractivity contribution in [2.45, 2.75) is 49.8 Å². The van der Waals surface area contributed by atoms with Crippen molar-refractivity contribution in [3.63, 3.8) is 0 Å². The highest BCUT2D eigenvalue weighted by molar-refractivity contribution is 8.15. The average molecular weight is 477 g/mol. The second-order valence-corrected chi connectivity index (χ2v) is 10.2. The fourth-order valence-corrected chi connectivity index (χ4v) is 5.91. The Kier molecular flexibility index (Phi) is 6.67. The van der Waals surface area contributed by atoms with Gasteiger partial charge < -0.3 is 15.5 Å². The summed E-state index contributed by atoms with van der Waals surface area (Å²) in [4.78, 5) is 44.2. The van der Waals surface area contributed by atoms with E-state index in [0.29, 0.717) is 11.3 Å². The Morgan fingerprint density at radius 2 is 1.88 bits per heavy atom. The van der Waals surface area contributed by atoms with Crippen molar-refractivity contribution in [3.8, 4) is 0 Å². The topological polar surface area (TPSA) is 90.9 Å². The molecule has 1 saturated heterocycles. The number of anilines is 1. The van der Waals surface area contributed by atoms with Gasteiger partial charge in [-0.2, -0.15) is 4.99 Å². The molecule has 8 heteroatoms. The third-order valence-electron chi connectivity index (χ3n) is 6.57. The number of likely N-dealkylation sites (tertiary alicyclic amines) is 1. The van der Waals surface area contributed by atoms with E-state index in [-0.39, 0.29) is 30.2 Å². The fraction of sp³-hybridized carbons (Fsp3) is 0.385. The van der Waals surface area contributed by atoms with Crippen LogP contribution in [-0.2, 0) is 16.0 Å². The molecule has 0 aromatic heterocycles. The van der Waals surface area contributed by atoms with Gasteiger partial charge in [-0.15, -0.1) is 0 Å². The van der Waals surface area contributed by atoms with Gasteiger partial charge in [-0.3, -0.25) is 14.4 Å². The number of amides is 3. The molecular formula is C26H28N4O3S. The number of benzene rings is 2. The third-order valence-corrected chi connectivity index (χ3v) is 7.79. The molecule has 176 valence electrons. The zero-order valence-electron chi connectivity index (χ0n) is 19.0. The van der Waals surface area contributed by atoms with Gasteiger partial charge in [-0.1, -0.05) is 42.1 Å². The molecule has 2 aromatic carbocycles. The maximum atomic E-state index is 12.9. The summed E-state index contributed by atoms with van der Waals surface area (Å²) in [6.45, 7) is 1.83. The second-order valence-electron chi connectivity index (χ2n) is 8.98. The quantitative estimate of drug-likeness (QED) is 0.683. The molecule has 34 heavy (non-hydrogen) atoms. The first-order valence-corrected chi connectivity index (χ1v) is 12.8. The predicted molar refractivity (Wildman–Crippen MR) is 134 cm³/mol. The summed E-state index contributed by atoms with van der Waals surface area (Å²) in [5.41, 5.74) is 3.48. The number of thioether (sulfide) groups is 1. The molecular weight excluding hydrogens is 448 g/mol. The Morgan fingerprint density at radius 3 is 2.74 bits per heavy atom. The van der Waals surface area contributed by atoms with Crippen LogP contribution in [0.25, 0.3) is 0 Å². The van der Waals surface area contributed by atoms with E-state index in [1.165, 1.54) is 29.3 Å². The van der Waals surface area contributed by atoms with Gasteiger partial charge in [0.25, 0.3) is 11.8 Å². The smallest absolute Gasteiger partial charge is 0.262 e. The number of hydrogen-bond donors (Lipinski definition) is 2. The fourth-order valence-electron chi connectivity index (χ4n) is 4.80. The molecule has 2 heterocycles. The average Bonchev–Trinajstić information content (AvgIpc) is 3.43. The van der Waals surface area contributed by atoms with Crippen LogP contribution in [0.5, 0.6) is 0 Å². The van der Waals surface area contributed by atoms with Gasteiger partial charge in [0.05, 0.1) is 6.04 Å². The molecule has 1 aliphatic carbocycles. The van der Waals surface area contributed by atoms with Crippen LogP contribution in [0.15, 0.2) is 53.5 Å². The molecule has 7 nitrogen and oxygen atoms in total. The lowest BCUT2D eigenvalue weighted by atomic mass is 10.1. The van der Waals surface area contributed by atoms with Crippen molar-refractivity contribution >= 4 is 40.3 Å². The van der Waals surface area contributed by atoms with E-state index in [0.717, 1.165) is 43.9 Å². The molecule has 1 fully saturated rings. The van der Waals surface area contributed by atoms with Crippen LogP contribution in [-0.4, -0.2) is 46.1 Å². The van der Waals surface area contributed by atoms with Crippen LogP contribution in [0.3, 0.4) is 0 Å². The first-order chi connectivity index (χ1) is 16.6. The third kappa shape index (κ3) is 5.01. The Hall–Kier alpha value is -3.13. The van der Waals surface area contributed by atoms with Crippen LogP contribution in [0.4, 0.5) is 5.69 Å². The number of carbonyl (C=O) groups excluding carboxylic acids is 3. The Balaban J connectivity index is 1.16. The van der Waals surface area contributed by atoms with Crippen LogP contribution in [0.1, 0.15) is 59.6 Å². The monoisotopic (exact) mass is 476 g/mol. The van der Waals surface area contributed by atoms with Gasteiger partial charge in [0.1, 0.15) is 5.25 Å². The lowest BCUT2D eigenvalue weighted by molar-refractivity contribution is -0.121. The van der Waals surface area contributed by atoms with Crippen molar-refractivity contribution in [2.75, 3.05) is 18.4 Å². The summed E-state index contributed by atoms with van der Waals surface area (Å²) in [5, 5.41) is 6.20. The molecule has 3 aliphatic rings. The van der Waals surface area contributed by atoms with Gasteiger partial charge in [0, 0.05) is 30.8 Å². The number of fused-ring (bicyclic) bond motifs is 1. The molecule has 3 amide bonds. The van der Waals surface area contributed by atoms with Crippen LogP contribution in [0, 0.1) is 0 Å². The molecule has 5 rings (SSSR count).